The highest BCUT2D eigenvalue weighted by Gasteiger charge is 2.31. The monoisotopic (exact) mass is 419 g/mol. The lowest BCUT2D eigenvalue weighted by molar-refractivity contribution is -0.131. The standard InChI is InChI=1S/C19H18ClN3O6/c20-11-5-12-18(22-17(11)9-1-2-14-15(3-9)28-8-27-14)23-19(21-12)29-10-4-13(25)16(6-24)26-7-10/h1-3,5,10,13,16,24-25H,4,6-8H2,(H,21,22,23)/t10-,13+,16-/m1/s1. The van der Waals surface area contributed by atoms with E-state index in [1.54, 1.807) is 6.07 Å². The lowest BCUT2D eigenvalue weighted by Crippen LogP contribution is -2.45. The van der Waals surface area contributed by atoms with Gasteiger partial charge in [-0.1, -0.05) is 11.6 Å². The number of nitrogens with zero attached hydrogens (tertiary/aromatic N) is 2. The van der Waals surface area contributed by atoms with Crippen LogP contribution in [-0.2, 0) is 4.74 Å². The van der Waals surface area contributed by atoms with Crippen molar-refractivity contribution >= 4 is 22.8 Å². The minimum absolute atomic E-state index is 0.192. The van der Waals surface area contributed by atoms with E-state index in [2.05, 4.69) is 15.0 Å². The van der Waals surface area contributed by atoms with Gasteiger partial charge in [0.2, 0.25) is 6.79 Å². The van der Waals surface area contributed by atoms with Crippen LogP contribution in [0.25, 0.3) is 22.4 Å². The molecule has 0 aliphatic carbocycles. The van der Waals surface area contributed by atoms with Crippen LogP contribution in [0.15, 0.2) is 24.3 Å². The van der Waals surface area contributed by atoms with Crippen molar-refractivity contribution in [2.45, 2.75) is 24.7 Å². The average Bonchev–Trinajstić information content (AvgIpc) is 3.32. The summed E-state index contributed by atoms with van der Waals surface area (Å²) >= 11 is 6.44. The number of nitrogens with one attached hydrogen (secondary N) is 1. The number of aliphatic hydroxyl groups is 2. The van der Waals surface area contributed by atoms with Gasteiger partial charge in [-0.25, -0.2) is 4.98 Å². The third kappa shape index (κ3) is 3.46. The molecule has 5 rings (SSSR count). The van der Waals surface area contributed by atoms with Gasteiger partial charge in [0.15, 0.2) is 17.1 Å². The molecule has 3 atom stereocenters. The average molecular weight is 420 g/mol. The van der Waals surface area contributed by atoms with Crippen LogP contribution in [0, 0.1) is 0 Å². The van der Waals surface area contributed by atoms with Crippen molar-refractivity contribution < 1.29 is 29.2 Å². The van der Waals surface area contributed by atoms with Gasteiger partial charge >= 0.3 is 0 Å². The fraction of sp³-hybridized carbons (Fsp3) is 0.368. The number of aliphatic hydroxyl groups excluding tert-OH is 2. The van der Waals surface area contributed by atoms with Crippen molar-refractivity contribution in [3.8, 4) is 28.8 Å². The van der Waals surface area contributed by atoms with Crippen molar-refractivity contribution in [3.05, 3.63) is 29.3 Å². The van der Waals surface area contributed by atoms with Crippen LogP contribution in [0.4, 0.5) is 0 Å². The van der Waals surface area contributed by atoms with Crippen molar-refractivity contribution in [2.24, 2.45) is 0 Å². The van der Waals surface area contributed by atoms with Gasteiger partial charge in [-0.3, -0.25) is 0 Å². The van der Waals surface area contributed by atoms with E-state index in [0.29, 0.717) is 39.8 Å². The summed E-state index contributed by atoms with van der Waals surface area (Å²) in [6, 6.07) is 7.49. The van der Waals surface area contributed by atoms with Crippen LogP contribution in [0.5, 0.6) is 17.5 Å². The molecule has 0 radical (unpaired) electrons. The van der Waals surface area contributed by atoms with Crippen LogP contribution >= 0.6 is 11.6 Å². The van der Waals surface area contributed by atoms with Crippen molar-refractivity contribution in [3.63, 3.8) is 0 Å². The quantitative estimate of drug-likeness (QED) is 0.586. The number of aromatic nitrogens is 3. The van der Waals surface area contributed by atoms with Crippen molar-refractivity contribution in [1.29, 1.82) is 0 Å². The van der Waals surface area contributed by atoms with E-state index in [9.17, 15) is 5.11 Å². The number of pyridine rings is 1. The molecular weight excluding hydrogens is 402 g/mol. The molecule has 0 unspecified atom stereocenters. The van der Waals surface area contributed by atoms with Gasteiger partial charge in [0.25, 0.3) is 6.01 Å². The molecule has 9 nitrogen and oxygen atoms in total. The first-order valence-corrected chi connectivity index (χ1v) is 9.52. The molecular formula is C19H18ClN3O6. The third-order valence-electron chi connectivity index (χ3n) is 4.94. The molecule has 2 aliphatic rings. The Labute approximate surface area is 170 Å². The molecule has 0 saturated carbocycles. The number of halogens is 1. The van der Waals surface area contributed by atoms with E-state index in [4.69, 9.17) is 35.7 Å². The highest BCUT2D eigenvalue weighted by atomic mass is 35.5. The molecule has 4 heterocycles. The molecule has 1 aromatic carbocycles. The maximum absolute atomic E-state index is 9.98. The van der Waals surface area contributed by atoms with Gasteiger partial charge < -0.3 is 34.1 Å². The Bertz CT molecular complexity index is 1060. The summed E-state index contributed by atoms with van der Waals surface area (Å²) in [6.45, 7) is 0.206. The SMILES string of the molecule is OC[C@H]1OC[C@H](Oc2nc3nc(-c4ccc5c(c4)OCO5)c(Cl)cc3[nH]2)C[C@@H]1O. The zero-order valence-electron chi connectivity index (χ0n) is 15.2. The first-order valence-electron chi connectivity index (χ1n) is 9.14. The fourth-order valence-electron chi connectivity index (χ4n) is 3.44. The van der Waals surface area contributed by atoms with Crippen LogP contribution in [0.1, 0.15) is 6.42 Å². The predicted molar refractivity (Wildman–Crippen MR) is 102 cm³/mol. The zero-order chi connectivity index (χ0) is 20.0. The minimum Gasteiger partial charge on any atom is -0.459 e. The molecule has 1 fully saturated rings. The molecule has 29 heavy (non-hydrogen) atoms. The van der Waals surface area contributed by atoms with Gasteiger partial charge in [0, 0.05) is 12.0 Å². The van der Waals surface area contributed by atoms with E-state index in [0.717, 1.165) is 5.56 Å². The van der Waals surface area contributed by atoms with E-state index in [1.165, 1.54) is 0 Å². The summed E-state index contributed by atoms with van der Waals surface area (Å²) in [4.78, 5) is 12.0. The Morgan fingerprint density at radius 3 is 2.90 bits per heavy atom. The predicted octanol–water partition coefficient (Wildman–Crippen LogP) is 1.90. The summed E-state index contributed by atoms with van der Waals surface area (Å²) in [5, 5.41) is 19.6. The summed E-state index contributed by atoms with van der Waals surface area (Å²) < 4.78 is 22.0. The number of H-pyrrole nitrogens is 1. The summed E-state index contributed by atoms with van der Waals surface area (Å²) in [5.74, 6) is 1.32. The molecule has 3 N–H and O–H groups in total. The smallest absolute Gasteiger partial charge is 0.296 e. The van der Waals surface area contributed by atoms with E-state index < -0.39 is 18.3 Å². The van der Waals surface area contributed by atoms with Crippen LogP contribution < -0.4 is 14.2 Å². The summed E-state index contributed by atoms with van der Waals surface area (Å²) in [6.07, 6.45) is -1.44. The normalized spacial score (nSPS) is 23.5. The second kappa shape index (κ2) is 7.34. The van der Waals surface area contributed by atoms with Gasteiger partial charge in [0.05, 0.1) is 35.6 Å². The number of hydrogen-bond acceptors (Lipinski definition) is 8. The number of fused-ring (bicyclic) bond motifs is 2. The van der Waals surface area contributed by atoms with E-state index in [1.807, 2.05) is 18.2 Å². The number of benzene rings is 1. The van der Waals surface area contributed by atoms with Crippen LogP contribution in [0.2, 0.25) is 5.02 Å². The lowest BCUT2D eigenvalue weighted by atomic mass is 10.0. The first kappa shape index (κ1) is 18.4. The van der Waals surface area contributed by atoms with Gasteiger partial charge in [-0.05, 0) is 24.3 Å². The number of rotatable bonds is 4. The number of imidazole rings is 1. The molecule has 1 saturated heterocycles. The van der Waals surface area contributed by atoms with E-state index in [-0.39, 0.29) is 26.0 Å². The Kier molecular flexibility index (Phi) is 4.67. The maximum Gasteiger partial charge on any atom is 0.296 e. The second-order valence-electron chi connectivity index (χ2n) is 6.90. The molecule has 3 aromatic rings. The Hall–Kier alpha value is -2.59. The third-order valence-corrected chi connectivity index (χ3v) is 5.23. The Balaban J connectivity index is 1.40. The molecule has 2 aromatic heterocycles. The second-order valence-corrected chi connectivity index (χ2v) is 7.30. The van der Waals surface area contributed by atoms with Crippen molar-refractivity contribution in [2.75, 3.05) is 20.0 Å². The van der Waals surface area contributed by atoms with E-state index >= 15 is 0 Å². The summed E-state index contributed by atoms with van der Waals surface area (Å²) in [5.41, 5.74) is 2.42. The Morgan fingerprint density at radius 1 is 1.21 bits per heavy atom. The molecule has 10 heteroatoms. The molecule has 152 valence electrons. The topological polar surface area (TPSA) is 119 Å². The number of aromatic amines is 1. The number of ether oxygens (including phenoxy) is 4. The molecule has 2 aliphatic heterocycles. The minimum atomic E-state index is -0.798. The molecule has 0 spiro atoms. The van der Waals surface area contributed by atoms with Crippen LogP contribution in [0.3, 0.4) is 0 Å². The highest BCUT2D eigenvalue weighted by Crippen LogP contribution is 2.38. The lowest BCUT2D eigenvalue weighted by Gasteiger charge is -2.31. The highest BCUT2D eigenvalue weighted by molar-refractivity contribution is 6.33. The first-order chi connectivity index (χ1) is 14.1. The summed E-state index contributed by atoms with van der Waals surface area (Å²) in [7, 11) is 0. The van der Waals surface area contributed by atoms with Crippen molar-refractivity contribution in [1.82, 2.24) is 15.0 Å². The molecule has 0 bridgehead atoms. The zero-order valence-corrected chi connectivity index (χ0v) is 15.9. The number of hydrogen-bond donors (Lipinski definition) is 3. The maximum atomic E-state index is 9.98. The largest absolute Gasteiger partial charge is 0.459 e. The fourth-order valence-corrected chi connectivity index (χ4v) is 3.70. The van der Waals surface area contributed by atoms with Crippen LogP contribution in [-0.4, -0.2) is 63.5 Å². The van der Waals surface area contributed by atoms with Gasteiger partial charge in [-0.2, -0.15) is 4.98 Å². The van der Waals surface area contributed by atoms with Gasteiger partial charge in [0.1, 0.15) is 12.2 Å². The van der Waals surface area contributed by atoms with Gasteiger partial charge in [-0.15, -0.1) is 0 Å². The molecule has 0 amide bonds. The Morgan fingerprint density at radius 2 is 2.07 bits per heavy atom.